The van der Waals surface area contributed by atoms with E-state index in [9.17, 15) is 27.6 Å². The highest BCUT2D eigenvalue weighted by molar-refractivity contribution is 7.59. The third-order valence-corrected chi connectivity index (χ3v) is 24.9. The number of nitrogens with one attached hydrogen (secondary N) is 3. The number of carbonyl (C=O) groups is 3. The fourth-order valence-electron chi connectivity index (χ4n) is 18.2. The predicted octanol–water partition coefficient (Wildman–Crippen LogP) is 8.12. The summed E-state index contributed by atoms with van der Waals surface area (Å²) in [6, 6.07) is 12.8. The molecule has 0 unspecified atom stereocenters. The van der Waals surface area contributed by atoms with E-state index in [2.05, 4.69) is 130 Å². The van der Waals surface area contributed by atoms with Gasteiger partial charge in [-0.3, -0.25) is 29.7 Å². The molecule has 0 spiro atoms. The quantitative estimate of drug-likeness (QED) is 0.0644. The lowest BCUT2D eigenvalue weighted by Gasteiger charge is -2.38. The normalized spacial score (nSPS) is 19.8. The number of hydrogen-bond donors (Lipinski definition) is 3. The Balaban J connectivity index is 0.000000139. The fourth-order valence-corrected chi connectivity index (χ4v) is 18.2. The van der Waals surface area contributed by atoms with Crippen LogP contribution in [0.15, 0.2) is 93.0 Å². The number of likely N-dealkylation sites (tertiary alicyclic amines) is 3. The van der Waals surface area contributed by atoms with E-state index in [0.717, 1.165) is 164 Å². The van der Waals surface area contributed by atoms with Crippen LogP contribution in [-0.4, -0.2) is 292 Å². The molecule has 3 N–H and O–H groups in total. The van der Waals surface area contributed by atoms with Crippen LogP contribution in [0.2, 0.25) is 0 Å². The fraction of sp³-hybridized carbons (Fsp3) is 0.500. The number of piperazine rings is 3. The van der Waals surface area contributed by atoms with Crippen LogP contribution in [0.3, 0.4) is 0 Å². The molecule has 0 aliphatic carbocycles. The molecule has 6 fully saturated rings. The Morgan fingerprint density at radius 2 is 0.782 bits per heavy atom. The number of aromatic amines is 3. The van der Waals surface area contributed by atoms with Gasteiger partial charge in [0.15, 0.2) is 0 Å². The first-order chi connectivity index (χ1) is 57.3. The third-order valence-electron chi connectivity index (χ3n) is 24.9. The van der Waals surface area contributed by atoms with E-state index in [1.54, 1.807) is 16.9 Å². The van der Waals surface area contributed by atoms with E-state index in [4.69, 9.17) is 48.9 Å². The number of H-pyrrole nitrogens is 3. The van der Waals surface area contributed by atoms with Crippen LogP contribution in [0.4, 0.5) is 47.7 Å². The first-order valence-electron chi connectivity index (χ1n) is 41.2. The van der Waals surface area contributed by atoms with Crippen LogP contribution in [0.25, 0.3) is 32.7 Å². The maximum atomic E-state index is 14.2. The van der Waals surface area contributed by atoms with E-state index < -0.39 is 11.7 Å². The minimum atomic E-state index is -4.53. The van der Waals surface area contributed by atoms with Gasteiger partial charge in [0.1, 0.15) is 43.0 Å². The molecule has 0 saturated carbocycles. The number of rotatable bonds is 19. The Bertz CT molecular complexity index is 5170. The number of alkyl halides is 3. The Morgan fingerprint density at radius 3 is 1.13 bits per heavy atom. The molecule has 15 heterocycles. The Kier molecular flexibility index (Phi) is 25.3. The van der Waals surface area contributed by atoms with Crippen molar-refractivity contribution in [3.8, 4) is 23.8 Å². The summed E-state index contributed by atoms with van der Waals surface area (Å²) in [5, 5.41) is 24.1. The number of aryl methyl sites for hydroxylation is 1. The van der Waals surface area contributed by atoms with Crippen molar-refractivity contribution in [2.24, 2.45) is 0 Å². The minimum Gasteiger partial charge on any atom is -0.495 e. The lowest BCUT2D eigenvalue weighted by Crippen LogP contribution is -2.49. The summed E-state index contributed by atoms with van der Waals surface area (Å²) in [6.07, 6.45) is 13.6. The van der Waals surface area contributed by atoms with Crippen molar-refractivity contribution in [2.75, 3.05) is 195 Å². The zero-order valence-electron chi connectivity index (χ0n) is 68.5. The highest BCUT2D eigenvalue weighted by atomic mass is 32.1. The molecule has 0 bridgehead atoms. The molecule has 0 radical (unpaired) electrons. The van der Waals surface area contributed by atoms with Crippen LogP contribution in [0.5, 0.6) is 23.8 Å². The van der Waals surface area contributed by atoms with Crippen molar-refractivity contribution in [1.82, 2.24) is 89.9 Å². The molecular formula is C84H107F3N24O7S. The van der Waals surface area contributed by atoms with Crippen molar-refractivity contribution in [1.29, 1.82) is 0 Å². The minimum absolute atomic E-state index is 0. The first-order valence-corrected chi connectivity index (χ1v) is 41.2. The largest absolute Gasteiger partial charge is 0.495 e. The first kappa shape index (κ1) is 83.0. The second-order valence-electron chi connectivity index (χ2n) is 31.9. The van der Waals surface area contributed by atoms with Gasteiger partial charge in [0.25, 0.3) is 0 Å². The van der Waals surface area contributed by atoms with Crippen LogP contribution >= 0.6 is 13.5 Å². The Hall–Kier alpha value is -11.0. The second kappa shape index (κ2) is 36.3. The zero-order chi connectivity index (χ0) is 81.9. The van der Waals surface area contributed by atoms with E-state index in [1.807, 2.05) is 34.3 Å². The number of aromatic nitrogens is 12. The van der Waals surface area contributed by atoms with E-state index >= 15 is 0 Å². The molecule has 9 aliphatic heterocycles. The van der Waals surface area contributed by atoms with Gasteiger partial charge in [0.2, 0.25) is 17.7 Å². The van der Waals surface area contributed by atoms with Crippen molar-refractivity contribution in [3.63, 3.8) is 0 Å². The molecule has 6 aromatic heterocycles. The molecule has 119 heavy (non-hydrogen) atoms. The number of nitrogens with zero attached hydrogens (tertiary/aromatic N) is 21. The average Bonchev–Trinajstić information content (AvgIpc) is 1.27. The molecule has 18 rings (SSSR count). The van der Waals surface area contributed by atoms with Crippen molar-refractivity contribution in [3.05, 3.63) is 138 Å². The van der Waals surface area contributed by atoms with E-state index in [0.29, 0.717) is 152 Å². The molecule has 31 nitrogen and oxygen atoms in total. The molecule has 3 atom stereocenters. The molecular weight excluding hydrogens is 1550 g/mol. The smallest absolute Gasteiger partial charge is 0.418 e. The summed E-state index contributed by atoms with van der Waals surface area (Å²) in [5.41, 5.74) is 11.3. The van der Waals surface area contributed by atoms with Crippen LogP contribution in [-0.2, 0) is 59.5 Å². The lowest BCUT2D eigenvalue weighted by molar-refractivity contribution is -0.137. The maximum absolute atomic E-state index is 14.2. The number of anilines is 6. The van der Waals surface area contributed by atoms with Crippen molar-refractivity contribution in [2.45, 2.75) is 109 Å². The average molecular weight is 1650 g/mol. The van der Waals surface area contributed by atoms with Crippen LogP contribution < -0.4 is 48.3 Å². The summed E-state index contributed by atoms with van der Waals surface area (Å²) < 4.78 is 66.8. The van der Waals surface area contributed by atoms with Gasteiger partial charge in [-0.15, -0.1) is 0 Å². The number of carbonyl (C=O) groups excluding carboxylic acids is 3. The molecule has 6 saturated heterocycles. The number of hydrogen-bond acceptors (Lipinski definition) is 25. The number of methoxy groups -OCH3 is 1. The summed E-state index contributed by atoms with van der Waals surface area (Å²) in [7, 11) is 8.06. The van der Waals surface area contributed by atoms with Gasteiger partial charge in [-0.05, 0) is 160 Å². The van der Waals surface area contributed by atoms with Gasteiger partial charge >= 0.3 is 24.2 Å². The van der Waals surface area contributed by atoms with Gasteiger partial charge in [-0.2, -0.15) is 71.9 Å². The third kappa shape index (κ3) is 17.7. The summed E-state index contributed by atoms with van der Waals surface area (Å²) in [6.45, 7) is 29.0. The Labute approximate surface area is 697 Å². The monoisotopic (exact) mass is 1650 g/mol. The second-order valence-corrected chi connectivity index (χ2v) is 31.9. The topological polar surface area (TPSA) is 290 Å². The molecule has 632 valence electrons. The van der Waals surface area contributed by atoms with Gasteiger partial charge in [0.05, 0.1) is 102 Å². The lowest BCUT2D eigenvalue weighted by atomic mass is 10.0. The number of halogens is 3. The molecule has 9 aliphatic rings. The Morgan fingerprint density at radius 1 is 0.445 bits per heavy atom. The van der Waals surface area contributed by atoms with Crippen molar-refractivity contribution < 1.29 is 46.5 Å². The number of ether oxygens (including phenoxy) is 4. The molecule has 3 amide bonds. The number of amides is 3. The highest BCUT2D eigenvalue weighted by Gasteiger charge is 2.40. The maximum Gasteiger partial charge on any atom is 0.418 e. The molecule has 9 aromatic rings. The van der Waals surface area contributed by atoms with Gasteiger partial charge < -0.3 is 77.7 Å². The van der Waals surface area contributed by atoms with Crippen LogP contribution in [0.1, 0.15) is 83.4 Å². The SMILES string of the molecule is C=CC(=O)N1CCN(c2nc(OC[C@@H]3CCCN3C)nc3c2CCN(c2c(C(F)(F)F)ccc4[nH]ncc24)C3)CC1.C=CC(=O)N1CCN(c2nc(OC[C@@H]3CCCN3C)nc3c2CCN(c2c(C)ccc4[nH]ncc24)C3)CC1.C=CC(=O)N1CCN(c2nc(OC[C@@H]3CCCN3C)nc3c2CCN(c2c(OC)ccc4[nH]ncc24)C3)CC1.S. The van der Waals surface area contributed by atoms with Crippen LogP contribution in [0, 0.1) is 6.92 Å². The number of benzene rings is 3. The highest BCUT2D eigenvalue weighted by Crippen LogP contribution is 2.45. The van der Waals surface area contributed by atoms with Gasteiger partial charge in [0, 0.05) is 149 Å². The summed E-state index contributed by atoms with van der Waals surface area (Å²) in [5.74, 6) is 3.27. The summed E-state index contributed by atoms with van der Waals surface area (Å²) >= 11 is 0. The number of likely N-dealkylation sites (N-methyl/N-ethyl adjacent to an activating group) is 3. The van der Waals surface area contributed by atoms with E-state index in [1.165, 1.54) is 60.1 Å². The molecule has 3 aromatic carbocycles. The van der Waals surface area contributed by atoms with Gasteiger partial charge in [-0.25, -0.2) is 0 Å². The zero-order valence-corrected chi connectivity index (χ0v) is 69.5. The predicted molar refractivity (Wildman–Crippen MR) is 456 cm³/mol. The van der Waals surface area contributed by atoms with Crippen molar-refractivity contribution >= 4 is 98.4 Å². The van der Waals surface area contributed by atoms with E-state index in [-0.39, 0.29) is 55.5 Å². The standard InChI is InChI=1S/C28H33F3N8O2.C28H36N8O3.C28H36N8O2.H2S/c1-3-24(40)37-11-13-38(14-12-37)26-19-8-10-39(25-20-15-32-35-22(20)7-6-21(25)28(29,30)31)16-23(19)33-27(34-26)41-17-18-5-4-9-36(18)2;1-4-25(37)34-12-14-35(15-13-34)27-20-9-11-36(26-21-16-29-32-22(21)7-8-24(26)38-3)17-23(20)30-28(31-27)39-18-19-6-5-10-33(19)2;1-4-25(37)34-12-14-35(15-13-34)27-21-9-11-36(26-19(2)7-8-23-22(26)16-29-32-23)17-24(21)30-28(31-27)38-18-20-6-5-10-33(20)3;/h3,6-7,15,18H,1,4-5,8-14,16-17H2,2H3,(H,32,35);4,7-8,16,19H,1,5-6,9-15,17-18H2,2-3H3,(H,29,32);4,7-8,16,20H,1,5-6,9-15,17-18H2,2-3H3,(H,29,32);1H2/t18-;19-;20-;/m000./s1. The molecule has 35 heteroatoms. The van der Waals surface area contributed by atoms with Gasteiger partial charge in [-0.1, -0.05) is 25.8 Å². The number of fused-ring (bicyclic) bond motifs is 6. The summed E-state index contributed by atoms with van der Waals surface area (Å²) in [4.78, 5) is 91.3.